The van der Waals surface area contributed by atoms with Crippen molar-refractivity contribution in [3.05, 3.63) is 71.3 Å². The summed E-state index contributed by atoms with van der Waals surface area (Å²) in [6.45, 7) is 2.17. The first-order chi connectivity index (χ1) is 17.9. The number of benzene rings is 3. The molecule has 0 atom stereocenters. The standard InChI is InChI=1S/C27H28N2O8/c1-6-36-22-13-17(7-12-21(22)37-27(31)18-8-10-20(32-2)11-9-18)16-28-29-26(30)19-14-23(33-3)25(35-5)24(15-19)34-4/h7-16H,6H2,1-5H3,(H,29,30)/b28-16-. The molecule has 10 heteroatoms. The average Bonchev–Trinajstić information content (AvgIpc) is 2.93. The summed E-state index contributed by atoms with van der Waals surface area (Å²) in [5.41, 5.74) is 3.70. The second kappa shape index (κ2) is 12.8. The quantitative estimate of drug-likeness (QED) is 0.178. The van der Waals surface area contributed by atoms with Gasteiger partial charge in [-0.25, -0.2) is 10.2 Å². The van der Waals surface area contributed by atoms with Gasteiger partial charge in [0, 0.05) is 5.56 Å². The van der Waals surface area contributed by atoms with Crippen LogP contribution in [0.25, 0.3) is 0 Å². The Bertz CT molecular complexity index is 1250. The van der Waals surface area contributed by atoms with E-state index in [1.165, 1.54) is 39.7 Å². The van der Waals surface area contributed by atoms with Gasteiger partial charge in [-0.15, -0.1) is 0 Å². The maximum atomic E-state index is 12.6. The number of methoxy groups -OCH3 is 4. The van der Waals surface area contributed by atoms with Gasteiger partial charge >= 0.3 is 5.97 Å². The molecule has 0 aliphatic heterocycles. The van der Waals surface area contributed by atoms with Crippen LogP contribution in [-0.4, -0.2) is 53.1 Å². The van der Waals surface area contributed by atoms with Gasteiger partial charge < -0.3 is 28.4 Å². The van der Waals surface area contributed by atoms with E-state index in [9.17, 15) is 9.59 Å². The number of nitrogens with zero attached hydrogens (tertiary/aromatic N) is 1. The highest BCUT2D eigenvalue weighted by molar-refractivity contribution is 5.96. The molecule has 0 bridgehead atoms. The molecule has 1 N–H and O–H groups in total. The molecule has 0 unspecified atom stereocenters. The Kier molecular flexibility index (Phi) is 9.31. The summed E-state index contributed by atoms with van der Waals surface area (Å²) >= 11 is 0. The van der Waals surface area contributed by atoms with Crippen molar-refractivity contribution in [2.24, 2.45) is 5.10 Å². The lowest BCUT2D eigenvalue weighted by Gasteiger charge is -2.13. The van der Waals surface area contributed by atoms with Gasteiger partial charge in [-0.3, -0.25) is 4.79 Å². The summed E-state index contributed by atoms with van der Waals surface area (Å²) in [5.74, 6) is 1.28. The van der Waals surface area contributed by atoms with E-state index >= 15 is 0 Å². The first-order valence-electron chi connectivity index (χ1n) is 11.2. The molecule has 194 valence electrons. The second-order valence-corrected chi connectivity index (χ2v) is 7.37. The summed E-state index contributed by atoms with van der Waals surface area (Å²) in [6.07, 6.45) is 1.44. The lowest BCUT2D eigenvalue weighted by molar-refractivity contribution is 0.0728. The van der Waals surface area contributed by atoms with Crippen LogP contribution in [-0.2, 0) is 0 Å². The zero-order chi connectivity index (χ0) is 26.8. The maximum Gasteiger partial charge on any atom is 0.343 e. The molecule has 0 heterocycles. The summed E-state index contributed by atoms with van der Waals surface area (Å²) in [5, 5.41) is 4.01. The first-order valence-corrected chi connectivity index (χ1v) is 11.2. The van der Waals surface area contributed by atoms with Crippen LogP contribution in [0.3, 0.4) is 0 Å². The van der Waals surface area contributed by atoms with E-state index in [1.54, 1.807) is 49.6 Å². The van der Waals surface area contributed by atoms with Crippen molar-refractivity contribution >= 4 is 18.1 Å². The third kappa shape index (κ3) is 6.69. The summed E-state index contributed by atoms with van der Waals surface area (Å²) in [7, 11) is 5.95. The monoisotopic (exact) mass is 508 g/mol. The van der Waals surface area contributed by atoms with Crippen LogP contribution in [0.4, 0.5) is 0 Å². The van der Waals surface area contributed by atoms with Crippen molar-refractivity contribution in [1.82, 2.24) is 5.43 Å². The third-order valence-electron chi connectivity index (χ3n) is 5.10. The minimum Gasteiger partial charge on any atom is -0.497 e. The summed E-state index contributed by atoms with van der Waals surface area (Å²) in [4.78, 5) is 25.2. The van der Waals surface area contributed by atoms with E-state index in [4.69, 9.17) is 28.4 Å². The molecule has 0 radical (unpaired) electrons. The average molecular weight is 509 g/mol. The molecule has 0 saturated heterocycles. The van der Waals surface area contributed by atoms with E-state index in [0.717, 1.165) is 0 Å². The molecule has 0 aliphatic rings. The molecule has 3 rings (SSSR count). The van der Waals surface area contributed by atoms with Gasteiger partial charge in [0.05, 0.1) is 46.8 Å². The van der Waals surface area contributed by atoms with Gasteiger partial charge in [0.1, 0.15) is 5.75 Å². The Hall–Kier alpha value is -4.73. The van der Waals surface area contributed by atoms with Gasteiger partial charge in [-0.2, -0.15) is 5.10 Å². The zero-order valence-corrected chi connectivity index (χ0v) is 21.2. The van der Waals surface area contributed by atoms with Gasteiger partial charge in [-0.1, -0.05) is 0 Å². The third-order valence-corrected chi connectivity index (χ3v) is 5.10. The highest BCUT2D eigenvalue weighted by Crippen LogP contribution is 2.38. The van der Waals surface area contributed by atoms with Crippen LogP contribution in [0.2, 0.25) is 0 Å². The molecule has 1 amide bonds. The fourth-order valence-electron chi connectivity index (χ4n) is 3.29. The van der Waals surface area contributed by atoms with Crippen LogP contribution >= 0.6 is 0 Å². The van der Waals surface area contributed by atoms with Gasteiger partial charge in [0.15, 0.2) is 23.0 Å². The Balaban J connectivity index is 1.73. The number of hydrazone groups is 1. The predicted octanol–water partition coefficient (Wildman–Crippen LogP) is 4.10. The van der Waals surface area contributed by atoms with Crippen molar-refractivity contribution in [2.45, 2.75) is 6.92 Å². The SMILES string of the molecule is CCOc1cc(/C=N\NC(=O)c2cc(OC)c(OC)c(OC)c2)ccc1OC(=O)c1ccc(OC)cc1. The molecule has 0 spiro atoms. The normalized spacial score (nSPS) is 10.5. The smallest absolute Gasteiger partial charge is 0.343 e. The van der Waals surface area contributed by atoms with Crippen LogP contribution in [0, 0.1) is 0 Å². The van der Waals surface area contributed by atoms with Crippen LogP contribution in [0.15, 0.2) is 59.7 Å². The molecule has 0 aliphatic carbocycles. The lowest BCUT2D eigenvalue weighted by atomic mass is 10.1. The number of amides is 1. The van der Waals surface area contributed by atoms with E-state index in [2.05, 4.69) is 10.5 Å². The van der Waals surface area contributed by atoms with E-state index < -0.39 is 11.9 Å². The lowest BCUT2D eigenvalue weighted by Crippen LogP contribution is -2.18. The Morgan fingerprint density at radius 1 is 0.784 bits per heavy atom. The van der Waals surface area contributed by atoms with Crippen molar-refractivity contribution in [3.63, 3.8) is 0 Å². The maximum absolute atomic E-state index is 12.6. The number of hydrogen-bond donors (Lipinski definition) is 1. The number of nitrogens with one attached hydrogen (secondary N) is 1. The topological polar surface area (TPSA) is 114 Å². The number of ether oxygens (including phenoxy) is 6. The number of carbonyl (C=O) groups excluding carboxylic acids is 2. The van der Waals surface area contributed by atoms with E-state index in [-0.39, 0.29) is 11.3 Å². The molecule has 3 aromatic carbocycles. The number of rotatable bonds is 11. The van der Waals surface area contributed by atoms with Gasteiger partial charge in [0.2, 0.25) is 5.75 Å². The number of hydrogen-bond acceptors (Lipinski definition) is 9. The Morgan fingerprint density at radius 3 is 2.03 bits per heavy atom. The molecule has 3 aromatic rings. The minimum atomic E-state index is -0.539. The molecule has 37 heavy (non-hydrogen) atoms. The highest BCUT2D eigenvalue weighted by atomic mass is 16.6. The Labute approximate surface area is 214 Å². The fourth-order valence-corrected chi connectivity index (χ4v) is 3.29. The zero-order valence-electron chi connectivity index (χ0n) is 21.2. The number of esters is 1. The Morgan fingerprint density at radius 2 is 1.46 bits per heavy atom. The van der Waals surface area contributed by atoms with Crippen molar-refractivity contribution < 1.29 is 38.0 Å². The predicted molar refractivity (Wildman–Crippen MR) is 137 cm³/mol. The van der Waals surface area contributed by atoms with Gasteiger partial charge in [0.25, 0.3) is 5.91 Å². The highest BCUT2D eigenvalue weighted by Gasteiger charge is 2.17. The van der Waals surface area contributed by atoms with E-state index in [1.807, 2.05) is 6.92 Å². The minimum absolute atomic E-state index is 0.251. The molecular weight excluding hydrogens is 480 g/mol. The molecule has 0 aromatic heterocycles. The van der Waals surface area contributed by atoms with Crippen molar-refractivity contribution in [2.75, 3.05) is 35.0 Å². The molecular formula is C27H28N2O8. The molecule has 0 fully saturated rings. The van der Waals surface area contributed by atoms with E-state index in [0.29, 0.717) is 46.5 Å². The summed E-state index contributed by atoms with van der Waals surface area (Å²) < 4.78 is 32.1. The summed E-state index contributed by atoms with van der Waals surface area (Å²) in [6, 6.07) is 14.5. The second-order valence-electron chi connectivity index (χ2n) is 7.37. The van der Waals surface area contributed by atoms with Crippen molar-refractivity contribution in [3.8, 4) is 34.5 Å². The van der Waals surface area contributed by atoms with Crippen LogP contribution in [0.1, 0.15) is 33.2 Å². The van der Waals surface area contributed by atoms with Gasteiger partial charge in [-0.05, 0) is 67.1 Å². The van der Waals surface area contributed by atoms with Crippen molar-refractivity contribution in [1.29, 1.82) is 0 Å². The largest absolute Gasteiger partial charge is 0.497 e. The van der Waals surface area contributed by atoms with Crippen LogP contribution < -0.4 is 33.8 Å². The number of carbonyl (C=O) groups is 2. The first kappa shape index (κ1) is 26.9. The van der Waals surface area contributed by atoms with Crippen LogP contribution in [0.5, 0.6) is 34.5 Å². The molecule has 0 saturated carbocycles. The molecule has 10 nitrogen and oxygen atoms in total. The fraction of sp³-hybridized carbons (Fsp3) is 0.222.